The van der Waals surface area contributed by atoms with Gasteiger partial charge in [0.15, 0.2) is 11.3 Å². The number of carbonyl (C=O) groups excluding carboxylic acids is 1. The first kappa shape index (κ1) is 13.6. The molecule has 0 bridgehead atoms. The van der Waals surface area contributed by atoms with Crippen molar-refractivity contribution in [1.29, 1.82) is 0 Å². The monoisotopic (exact) mass is 297 g/mol. The third-order valence-corrected chi connectivity index (χ3v) is 3.06. The highest BCUT2D eigenvalue weighted by atomic mass is 16.4. The van der Waals surface area contributed by atoms with E-state index in [4.69, 9.17) is 10.2 Å². The lowest BCUT2D eigenvalue weighted by Gasteiger charge is -2.06. The molecule has 110 valence electrons. The Labute approximate surface area is 124 Å². The summed E-state index contributed by atoms with van der Waals surface area (Å²) < 4.78 is 5.00. The zero-order valence-corrected chi connectivity index (χ0v) is 11.2. The molecule has 3 rings (SSSR count). The molecule has 0 spiro atoms. The highest BCUT2D eigenvalue weighted by Gasteiger charge is 2.16. The van der Waals surface area contributed by atoms with E-state index in [2.05, 4.69) is 10.3 Å². The largest absolute Gasteiger partial charge is 0.503 e. The van der Waals surface area contributed by atoms with Crippen molar-refractivity contribution in [2.45, 2.75) is 0 Å². The van der Waals surface area contributed by atoms with Crippen LogP contribution in [0.5, 0.6) is 5.75 Å². The summed E-state index contributed by atoms with van der Waals surface area (Å²) in [6.07, 6.45) is 1.51. The van der Waals surface area contributed by atoms with Crippen LogP contribution < -0.4 is 16.7 Å². The van der Waals surface area contributed by atoms with Gasteiger partial charge >= 0.3 is 5.63 Å². The van der Waals surface area contributed by atoms with Gasteiger partial charge in [0, 0.05) is 11.6 Å². The molecule has 7 nitrogen and oxygen atoms in total. The number of hydrogen-bond donors (Lipinski definition) is 3. The van der Waals surface area contributed by atoms with E-state index in [0.717, 1.165) is 0 Å². The Kier molecular flexibility index (Phi) is 3.23. The van der Waals surface area contributed by atoms with Gasteiger partial charge in [0.25, 0.3) is 5.91 Å². The predicted octanol–water partition coefficient (Wildman–Crippen LogP) is 1.73. The van der Waals surface area contributed by atoms with Crippen molar-refractivity contribution in [1.82, 2.24) is 4.98 Å². The summed E-state index contributed by atoms with van der Waals surface area (Å²) in [6.45, 7) is 0. The number of benzene rings is 1. The molecule has 22 heavy (non-hydrogen) atoms. The SMILES string of the molecule is Nc1ccc2cc(C(=O)Nc3ccccn3)c(=O)oc2c1O. The summed E-state index contributed by atoms with van der Waals surface area (Å²) in [4.78, 5) is 28.0. The molecular weight excluding hydrogens is 286 g/mol. The molecule has 1 amide bonds. The van der Waals surface area contributed by atoms with Gasteiger partial charge < -0.3 is 20.6 Å². The smallest absolute Gasteiger partial charge is 0.349 e. The molecule has 2 aromatic heterocycles. The van der Waals surface area contributed by atoms with Crippen molar-refractivity contribution in [3.8, 4) is 5.75 Å². The lowest BCUT2D eigenvalue weighted by Crippen LogP contribution is -2.21. The van der Waals surface area contributed by atoms with Gasteiger partial charge in [0.05, 0.1) is 5.69 Å². The number of carbonyl (C=O) groups is 1. The van der Waals surface area contributed by atoms with Crippen molar-refractivity contribution in [3.05, 3.63) is 58.6 Å². The van der Waals surface area contributed by atoms with Crippen molar-refractivity contribution in [2.75, 3.05) is 11.1 Å². The fraction of sp³-hybridized carbons (Fsp3) is 0. The minimum absolute atomic E-state index is 0.0561. The number of anilines is 2. The van der Waals surface area contributed by atoms with Crippen molar-refractivity contribution in [2.24, 2.45) is 0 Å². The van der Waals surface area contributed by atoms with Crippen LogP contribution in [0.3, 0.4) is 0 Å². The molecule has 0 saturated heterocycles. The quantitative estimate of drug-likeness (QED) is 0.376. The summed E-state index contributed by atoms with van der Waals surface area (Å²) in [7, 11) is 0. The number of nitrogens with two attached hydrogens (primary N) is 1. The highest BCUT2D eigenvalue weighted by Crippen LogP contribution is 2.29. The molecule has 0 atom stereocenters. The Bertz CT molecular complexity index is 919. The van der Waals surface area contributed by atoms with Crippen LogP contribution in [0.2, 0.25) is 0 Å². The van der Waals surface area contributed by atoms with E-state index >= 15 is 0 Å². The van der Waals surface area contributed by atoms with E-state index in [-0.39, 0.29) is 22.6 Å². The van der Waals surface area contributed by atoms with Gasteiger partial charge in [0.2, 0.25) is 0 Å². The molecule has 7 heteroatoms. The number of phenolic OH excluding ortho intramolecular Hbond substituents is 1. The molecule has 0 saturated carbocycles. The van der Waals surface area contributed by atoms with Gasteiger partial charge in [-0.1, -0.05) is 6.07 Å². The Morgan fingerprint density at radius 2 is 2.09 bits per heavy atom. The van der Waals surface area contributed by atoms with Gasteiger partial charge in [0.1, 0.15) is 11.4 Å². The molecule has 0 aliphatic carbocycles. The maximum atomic E-state index is 12.1. The highest BCUT2D eigenvalue weighted by molar-refractivity contribution is 6.05. The van der Waals surface area contributed by atoms with Crippen molar-refractivity contribution in [3.63, 3.8) is 0 Å². The number of phenols is 1. The predicted molar refractivity (Wildman–Crippen MR) is 80.8 cm³/mol. The number of amides is 1. The second kappa shape index (κ2) is 5.21. The fourth-order valence-corrected chi connectivity index (χ4v) is 1.96. The molecule has 2 heterocycles. The standard InChI is InChI=1S/C15H11N3O4/c16-10-5-4-8-7-9(15(21)22-13(8)12(10)19)14(20)18-11-3-1-2-6-17-11/h1-7,19H,16H2,(H,17,18,20). The second-order valence-electron chi connectivity index (χ2n) is 4.54. The number of nitrogens with zero attached hydrogens (tertiary/aromatic N) is 1. The zero-order valence-electron chi connectivity index (χ0n) is 11.2. The maximum absolute atomic E-state index is 12.1. The van der Waals surface area contributed by atoms with Crippen LogP contribution in [0.25, 0.3) is 11.0 Å². The van der Waals surface area contributed by atoms with Crippen molar-refractivity contribution < 1.29 is 14.3 Å². The third-order valence-electron chi connectivity index (χ3n) is 3.06. The first-order valence-electron chi connectivity index (χ1n) is 6.34. The third kappa shape index (κ3) is 2.35. The number of hydrogen-bond acceptors (Lipinski definition) is 6. The van der Waals surface area contributed by atoms with E-state index < -0.39 is 11.5 Å². The lowest BCUT2D eigenvalue weighted by molar-refractivity contribution is 0.102. The van der Waals surface area contributed by atoms with E-state index in [9.17, 15) is 14.7 Å². The Morgan fingerprint density at radius 3 is 2.82 bits per heavy atom. The molecule has 1 aromatic carbocycles. The Hall–Kier alpha value is -3.35. The molecule has 3 aromatic rings. The number of aromatic hydroxyl groups is 1. The van der Waals surface area contributed by atoms with Gasteiger partial charge in [-0.3, -0.25) is 4.79 Å². The van der Waals surface area contributed by atoms with E-state index in [1.807, 2.05) is 0 Å². The molecule has 4 N–H and O–H groups in total. The van der Waals surface area contributed by atoms with Gasteiger partial charge in [-0.25, -0.2) is 9.78 Å². The average Bonchev–Trinajstić information content (AvgIpc) is 2.52. The first-order chi connectivity index (χ1) is 10.6. The molecular formula is C15H11N3O4. The maximum Gasteiger partial charge on any atom is 0.349 e. The van der Waals surface area contributed by atoms with Gasteiger partial charge in [-0.15, -0.1) is 0 Å². The van der Waals surface area contributed by atoms with Crippen molar-refractivity contribution >= 4 is 28.4 Å². The number of fused-ring (bicyclic) bond motifs is 1. The molecule has 0 aliphatic rings. The Balaban J connectivity index is 2.04. The van der Waals surface area contributed by atoms with Crippen LogP contribution in [0.1, 0.15) is 10.4 Å². The normalized spacial score (nSPS) is 10.5. The number of nitrogen functional groups attached to an aromatic ring is 1. The van der Waals surface area contributed by atoms with Crippen LogP contribution >= 0.6 is 0 Å². The molecule has 0 unspecified atom stereocenters. The number of nitrogens with one attached hydrogen (secondary N) is 1. The summed E-state index contributed by atoms with van der Waals surface area (Å²) in [5, 5.41) is 12.7. The lowest BCUT2D eigenvalue weighted by atomic mass is 10.1. The molecule has 0 radical (unpaired) electrons. The van der Waals surface area contributed by atoms with Crippen LogP contribution in [0, 0.1) is 0 Å². The summed E-state index contributed by atoms with van der Waals surface area (Å²) in [6, 6.07) is 9.33. The molecule has 0 aliphatic heterocycles. The summed E-state index contributed by atoms with van der Waals surface area (Å²) >= 11 is 0. The van der Waals surface area contributed by atoms with Gasteiger partial charge in [-0.2, -0.15) is 0 Å². The number of pyridine rings is 1. The second-order valence-corrected chi connectivity index (χ2v) is 4.54. The minimum atomic E-state index is -0.873. The van der Waals surface area contributed by atoms with Crippen LogP contribution in [-0.2, 0) is 0 Å². The zero-order chi connectivity index (χ0) is 15.7. The summed E-state index contributed by atoms with van der Waals surface area (Å²) in [5.74, 6) is -0.663. The van der Waals surface area contributed by atoms with Crippen LogP contribution in [-0.4, -0.2) is 16.0 Å². The average molecular weight is 297 g/mol. The van der Waals surface area contributed by atoms with Crippen LogP contribution in [0.4, 0.5) is 11.5 Å². The fourth-order valence-electron chi connectivity index (χ4n) is 1.96. The molecule has 0 fully saturated rings. The first-order valence-corrected chi connectivity index (χ1v) is 6.34. The Morgan fingerprint density at radius 1 is 1.27 bits per heavy atom. The topological polar surface area (TPSA) is 118 Å². The minimum Gasteiger partial charge on any atom is -0.503 e. The van der Waals surface area contributed by atoms with E-state index in [0.29, 0.717) is 11.2 Å². The number of aromatic nitrogens is 1. The van der Waals surface area contributed by atoms with E-state index in [1.54, 1.807) is 24.3 Å². The summed E-state index contributed by atoms with van der Waals surface area (Å²) in [5.41, 5.74) is 4.50. The van der Waals surface area contributed by atoms with Crippen LogP contribution in [0.15, 0.2) is 51.8 Å². The van der Waals surface area contributed by atoms with Gasteiger partial charge in [-0.05, 0) is 30.3 Å². The number of rotatable bonds is 2. The van der Waals surface area contributed by atoms with E-state index in [1.165, 1.54) is 18.3 Å².